The molecule has 0 aromatic rings. The molecule has 114 valence electrons. The average molecular weight is 281 g/mol. The summed E-state index contributed by atoms with van der Waals surface area (Å²) in [6, 6.07) is -0.00332. The SMILES string of the molecule is CCCC(=O)N1CCC[C@@H](CNC(=O)[C@@H]2CCCN2)C1. The summed E-state index contributed by atoms with van der Waals surface area (Å²) in [5.41, 5.74) is 0. The third-order valence-corrected chi connectivity index (χ3v) is 4.28. The molecule has 5 heteroatoms. The molecule has 2 fully saturated rings. The van der Waals surface area contributed by atoms with Crippen LogP contribution in [0, 0.1) is 5.92 Å². The monoisotopic (exact) mass is 281 g/mol. The maximum absolute atomic E-state index is 12.0. The second-order valence-corrected chi connectivity index (χ2v) is 5.99. The summed E-state index contributed by atoms with van der Waals surface area (Å²) in [6.45, 7) is 5.37. The summed E-state index contributed by atoms with van der Waals surface area (Å²) in [4.78, 5) is 25.8. The van der Waals surface area contributed by atoms with Gasteiger partial charge in [-0.3, -0.25) is 9.59 Å². The lowest BCUT2D eigenvalue weighted by molar-refractivity contribution is -0.133. The fraction of sp³-hybridized carbons (Fsp3) is 0.867. The quantitative estimate of drug-likeness (QED) is 0.787. The van der Waals surface area contributed by atoms with Gasteiger partial charge in [-0.15, -0.1) is 0 Å². The Labute approximate surface area is 121 Å². The number of carbonyl (C=O) groups excluding carboxylic acids is 2. The third kappa shape index (κ3) is 4.20. The molecule has 5 nitrogen and oxygen atoms in total. The van der Waals surface area contributed by atoms with E-state index < -0.39 is 0 Å². The van der Waals surface area contributed by atoms with E-state index in [1.165, 1.54) is 0 Å². The van der Waals surface area contributed by atoms with Gasteiger partial charge in [0, 0.05) is 26.1 Å². The fourth-order valence-electron chi connectivity index (χ4n) is 3.11. The van der Waals surface area contributed by atoms with E-state index in [0.717, 1.165) is 51.7 Å². The number of amides is 2. The average Bonchev–Trinajstić information content (AvgIpc) is 2.99. The highest BCUT2D eigenvalue weighted by atomic mass is 16.2. The van der Waals surface area contributed by atoms with Crippen LogP contribution in [0.2, 0.25) is 0 Å². The van der Waals surface area contributed by atoms with E-state index in [1.54, 1.807) is 0 Å². The zero-order valence-electron chi connectivity index (χ0n) is 12.5. The zero-order chi connectivity index (χ0) is 14.4. The minimum atomic E-state index is -0.00332. The molecule has 0 bridgehead atoms. The molecule has 0 spiro atoms. The van der Waals surface area contributed by atoms with E-state index in [4.69, 9.17) is 0 Å². The summed E-state index contributed by atoms with van der Waals surface area (Å²) in [6.07, 6.45) is 5.74. The van der Waals surface area contributed by atoms with Crippen molar-refractivity contribution >= 4 is 11.8 Å². The maximum Gasteiger partial charge on any atom is 0.237 e. The number of piperidine rings is 1. The van der Waals surface area contributed by atoms with Gasteiger partial charge in [0.1, 0.15) is 0 Å². The van der Waals surface area contributed by atoms with Crippen LogP contribution in [-0.2, 0) is 9.59 Å². The molecule has 2 N–H and O–H groups in total. The summed E-state index contributed by atoms with van der Waals surface area (Å²) in [5.74, 6) is 0.801. The molecule has 2 amide bonds. The number of nitrogens with one attached hydrogen (secondary N) is 2. The summed E-state index contributed by atoms with van der Waals surface area (Å²) < 4.78 is 0. The first-order valence-electron chi connectivity index (χ1n) is 7.99. The Morgan fingerprint density at radius 3 is 2.85 bits per heavy atom. The number of rotatable bonds is 5. The molecule has 2 heterocycles. The zero-order valence-corrected chi connectivity index (χ0v) is 12.5. The van der Waals surface area contributed by atoms with Crippen molar-refractivity contribution in [3.63, 3.8) is 0 Å². The smallest absolute Gasteiger partial charge is 0.237 e. The second-order valence-electron chi connectivity index (χ2n) is 5.99. The van der Waals surface area contributed by atoms with Crippen LogP contribution in [0.3, 0.4) is 0 Å². The summed E-state index contributed by atoms with van der Waals surface area (Å²) >= 11 is 0. The molecule has 2 aliphatic heterocycles. The maximum atomic E-state index is 12.0. The van der Waals surface area contributed by atoms with E-state index in [2.05, 4.69) is 10.6 Å². The lowest BCUT2D eigenvalue weighted by Gasteiger charge is -2.33. The van der Waals surface area contributed by atoms with Crippen LogP contribution in [0.25, 0.3) is 0 Å². The van der Waals surface area contributed by atoms with Crippen molar-refractivity contribution in [1.29, 1.82) is 0 Å². The van der Waals surface area contributed by atoms with E-state index in [0.29, 0.717) is 18.9 Å². The van der Waals surface area contributed by atoms with Crippen molar-refractivity contribution < 1.29 is 9.59 Å². The minimum Gasteiger partial charge on any atom is -0.354 e. The van der Waals surface area contributed by atoms with Crippen LogP contribution >= 0.6 is 0 Å². The van der Waals surface area contributed by atoms with E-state index in [-0.39, 0.29) is 17.9 Å². The third-order valence-electron chi connectivity index (χ3n) is 4.28. The van der Waals surface area contributed by atoms with Gasteiger partial charge in [-0.2, -0.15) is 0 Å². The lowest BCUT2D eigenvalue weighted by Crippen LogP contribution is -2.46. The van der Waals surface area contributed by atoms with Crippen molar-refractivity contribution in [1.82, 2.24) is 15.5 Å². The Hall–Kier alpha value is -1.10. The lowest BCUT2D eigenvalue weighted by atomic mass is 9.97. The van der Waals surface area contributed by atoms with Gasteiger partial charge in [0.25, 0.3) is 0 Å². The van der Waals surface area contributed by atoms with Crippen molar-refractivity contribution in [3.8, 4) is 0 Å². The molecule has 2 atom stereocenters. The number of nitrogens with zero attached hydrogens (tertiary/aromatic N) is 1. The van der Waals surface area contributed by atoms with Gasteiger partial charge in [-0.25, -0.2) is 0 Å². The molecule has 2 rings (SSSR count). The molecular weight excluding hydrogens is 254 g/mol. The van der Waals surface area contributed by atoms with Crippen molar-refractivity contribution in [2.45, 2.75) is 51.5 Å². The highest BCUT2D eigenvalue weighted by Crippen LogP contribution is 2.17. The Balaban J connectivity index is 1.72. The van der Waals surface area contributed by atoms with Crippen LogP contribution in [0.4, 0.5) is 0 Å². The molecule has 0 aliphatic carbocycles. The first-order valence-corrected chi connectivity index (χ1v) is 7.99. The van der Waals surface area contributed by atoms with E-state index in [9.17, 15) is 9.59 Å². The van der Waals surface area contributed by atoms with Gasteiger partial charge in [0.05, 0.1) is 6.04 Å². The predicted octanol–water partition coefficient (Wildman–Crippen LogP) is 0.893. The Morgan fingerprint density at radius 1 is 1.30 bits per heavy atom. The molecule has 0 saturated carbocycles. The molecule has 2 aliphatic rings. The normalized spacial score (nSPS) is 26.6. The van der Waals surface area contributed by atoms with Crippen molar-refractivity contribution in [2.75, 3.05) is 26.2 Å². The van der Waals surface area contributed by atoms with Crippen LogP contribution in [0.15, 0.2) is 0 Å². The Bertz CT molecular complexity index is 340. The molecular formula is C15H27N3O2. The van der Waals surface area contributed by atoms with Crippen LogP contribution < -0.4 is 10.6 Å². The van der Waals surface area contributed by atoms with Gasteiger partial charge >= 0.3 is 0 Å². The molecule has 0 aromatic heterocycles. The Morgan fingerprint density at radius 2 is 2.15 bits per heavy atom. The predicted molar refractivity (Wildman–Crippen MR) is 78.2 cm³/mol. The van der Waals surface area contributed by atoms with Gasteiger partial charge < -0.3 is 15.5 Å². The molecule has 2 saturated heterocycles. The summed E-state index contributed by atoms with van der Waals surface area (Å²) in [5, 5.41) is 6.26. The minimum absolute atomic E-state index is 0.00332. The Kier molecular flexibility index (Phi) is 5.83. The number of hydrogen-bond donors (Lipinski definition) is 2. The number of hydrogen-bond acceptors (Lipinski definition) is 3. The highest BCUT2D eigenvalue weighted by Gasteiger charge is 2.25. The van der Waals surface area contributed by atoms with Crippen molar-refractivity contribution in [2.24, 2.45) is 5.92 Å². The van der Waals surface area contributed by atoms with E-state index in [1.807, 2.05) is 11.8 Å². The molecule has 20 heavy (non-hydrogen) atoms. The van der Waals surface area contributed by atoms with E-state index >= 15 is 0 Å². The molecule has 0 radical (unpaired) electrons. The number of likely N-dealkylation sites (tertiary alicyclic amines) is 1. The van der Waals surface area contributed by atoms with Crippen LogP contribution in [0.1, 0.15) is 45.4 Å². The standard InChI is InChI=1S/C15H27N3O2/c1-2-5-14(19)18-9-4-6-12(11-18)10-17-15(20)13-7-3-8-16-13/h12-13,16H,2-11H2,1H3,(H,17,20)/t12-,13-/m0/s1. The van der Waals surface area contributed by atoms with Crippen LogP contribution in [0.5, 0.6) is 0 Å². The summed E-state index contributed by atoms with van der Waals surface area (Å²) in [7, 11) is 0. The number of carbonyl (C=O) groups is 2. The van der Waals surface area contributed by atoms with Gasteiger partial charge in [0.15, 0.2) is 0 Å². The second kappa shape index (κ2) is 7.62. The van der Waals surface area contributed by atoms with Gasteiger partial charge in [-0.1, -0.05) is 6.92 Å². The largest absolute Gasteiger partial charge is 0.354 e. The van der Waals surface area contributed by atoms with Crippen LogP contribution in [-0.4, -0.2) is 48.9 Å². The first-order chi connectivity index (χ1) is 9.70. The van der Waals surface area contributed by atoms with Crippen molar-refractivity contribution in [3.05, 3.63) is 0 Å². The fourth-order valence-corrected chi connectivity index (χ4v) is 3.11. The van der Waals surface area contributed by atoms with Gasteiger partial charge in [0.2, 0.25) is 11.8 Å². The first kappa shape index (κ1) is 15.3. The molecule has 0 unspecified atom stereocenters. The molecule has 0 aromatic carbocycles. The highest BCUT2D eigenvalue weighted by molar-refractivity contribution is 5.82. The topological polar surface area (TPSA) is 61.4 Å². The van der Waals surface area contributed by atoms with Gasteiger partial charge in [-0.05, 0) is 44.6 Å².